The number of rotatable bonds is 1. The van der Waals surface area contributed by atoms with Crippen molar-refractivity contribution < 1.29 is 13.0 Å². The van der Waals surface area contributed by atoms with E-state index >= 15 is 0 Å². The van der Waals surface area contributed by atoms with Crippen LogP contribution in [0.25, 0.3) is 0 Å². The Bertz CT molecular complexity index is 385. The molecule has 4 nitrogen and oxygen atoms in total. The number of nitrogens with two attached hydrogens (primary N) is 1. The Labute approximate surface area is 81.8 Å². The maximum atomic E-state index is 10.9. The molecule has 1 aliphatic carbocycles. The Hall–Kier alpha value is -0.360. The van der Waals surface area contributed by atoms with Crippen LogP contribution in [0.2, 0.25) is 0 Å². The molecule has 1 atom stereocenters. The molecule has 13 heavy (non-hydrogen) atoms. The topological polar surface area (TPSA) is 80.4 Å². The van der Waals surface area contributed by atoms with E-state index in [0.717, 1.165) is 11.6 Å². The molecule has 1 unspecified atom stereocenters. The summed E-state index contributed by atoms with van der Waals surface area (Å²) in [4.78, 5) is -1.77. The molecular weight excluding hydrogens is 214 g/mol. The first-order valence-electron chi connectivity index (χ1n) is 3.58. The van der Waals surface area contributed by atoms with Crippen LogP contribution < -0.4 is 5.73 Å². The van der Waals surface area contributed by atoms with Crippen LogP contribution >= 0.6 is 11.6 Å². The third kappa shape index (κ3) is 1.94. The summed E-state index contributed by atoms with van der Waals surface area (Å²) >= 11 is 5.69. The Morgan fingerprint density at radius 3 is 2.62 bits per heavy atom. The van der Waals surface area contributed by atoms with Gasteiger partial charge in [-0.3, -0.25) is 4.55 Å². The van der Waals surface area contributed by atoms with E-state index in [0.29, 0.717) is 0 Å². The minimum absolute atomic E-state index is 0.0356. The van der Waals surface area contributed by atoms with E-state index in [1.54, 1.807) is 13.0 Å². The molecule has 74 valence electrons. The number of halogens is 1. The molecule has 0 amide bonds. The van der Waals surface area contributed by atoms with Crippen LogP contribution in [0.4, 0.5) is 0 Å². The van der Waals surface area contributed by atoms with Gasteiger partial charge in [0, 0.05) is 11.5 Å². The number of hydrogen-bond acceptors (Lipinski definition) is 3. The summed E-state index contributed by atoms with van der Waals surface area (Å²) in [5.41, 5.74) is 6.20. The van der Waals surface area contributed by atoms with E-state index in [4.69, 9.17) is 21.9 Å². The zero-order valence-electron chi connectivity index (χ0n) is 6.99. The summed E-state index contributed by atoms with van der Waals surface area (Å²) in [5.74, 6) is 0. The van der Waals surface area contributed by atoms with Crippen LogP contribution in [-0.4, -0.2) is 17.8 Å². The maximum Gasteiger partial charge on any atom is 0.287 e. The average molecular weight is 224 g/mol. The Morgan fingerprint density at radius 2 is 2.23 bits per heavy atom. The molecule has 0 aliphatic heterocycles. The SMILES string of the molecule is CC1=CCC(N)(S(=O)(=O)O)C=C1Cl. The molecule has 0 aromatic carbocycles. The van der Waals surface area contributed by atoms with Crippen LogP contribution in [0.15, 0.2) is 22.8 Å². The van der Waals surface area contributed by atoms with Crippen molar-refractivity contribution in [2.24, 2.45) is 5.73 Å². The van der Waals surface area contributed by atoms with Gasteiger partial charge in [0.05, 0.1) is 0 Å². The van der Waals surface area contributed by atoms with E-state index in [-0.39, 0.29) is 11.5 Å². The molecule has 1 aliphatic rings. The van der Waals surface area contributed by atoms with Gasteiger partial charge in [-0.05, 0) is 18.6 Å². The lowest BCUT2D eigenvalue weighted by Crippen LogP contribution is -2.46. The van der Waals surface area contributed by atoms with Gasteiger partial charge in [0.25, 0.3) is 10.1 Å². The molecule has 0 saturated heterocycles. The lowest BCUT2D eigenvalue weighted by Gasteiger charge is -2.24. The molecular formula is C7H10ClNO3S. The zero-order valence-corrected chi connectivity index (χ0v) is 8.56. The highest BCUT2D eigenvalue weighted by molar-refractivity contribution is 7.87. The second kappa shape index (κ2) is 3.09. The molecule has 0 aromatic rings. The van der Waals surface area contributed by atoms with E-state index in [9.17, 15) is 8.42 Å². The molecule has 1 rings (SSSR count). The largest absolute Gasteiger partial charge is 0.307 e. The van der Waals surface area contributed by atoms with Gasteiger partial charge in [0.15, 0.2) is 4.87 Å². The van der Waals surface area contributed by atoms with Gasteiger partial charge in [-0.15, -0.1) is 0 Å². The quantitative estimate of drug-likeness (QED) is 0.650. The smallest absolute Gasteiger partial charge is 0.287 e. The van der Waals surface area contributed by atoms with E-state index in [1.807, 2.05) is 0 Å². The third-order valence-corrected chi connectivity index (χ3v) is 3.61. The molecule has 0 fully saturated rings. The lowest BCUT2D eigenvalue weighted by molar-refractivity contribution is 0.447. The molecule has 0 radical (unpaired) electrons. The summed E-state index contributed by atoms with van der Waals surface area (Å²) in [6, 6.07) is 0. The third-order valence-electron chi connectivity index (χ3n) is 1.96. The van der Waals surface area contributed by atoms with Gasteiger partial charge < -0.3 is 5.73 Å². The van der Waals surface area contributed by atoms with Crippen LogP contribution in [0, 0.1) is 0 Å². The van der Waals surface area contributed by atoms with Crippen molar-refractivity contribution >= 4 is 21.7 Å². The first kappa shape index (κ1) is 10.7. The summed E-state index contributed by atoms with van der Waals surface area (Å²) in [7, 11) is -4.31. The predicted octanol–water partition coefficient (Wildman–Crippen LogP) is 1.00. The van der Waals surface area contributed by atoms with Gasteiger partial charge in [-0.25, -0.2) is 0 Å². The first-order valence-corrected chi connectivity index (χ1v) is 5.39. The molecule has 0 spiro atoms. The molecule has 3 N–H and O–H groups in total. The van der Waals surface area contributed by atoms with Crippen LogP contribution in [0.3, 0.4) is 0 Å². The fourth-order valence-electron chi connectivity index (χ4n) is 0.977. The molecule has 0 aromatic heterocycles. The van der Waals surface area contributed by atoms with Gasteiger partial charge in [0.2, 0.25) is 0 Å². The fraction of sp³-hybridized carbons (Fsp3) is 0.429. The lowest BCUT2D eigenvalue weighted by atomic mass is 10.0. The summed E-state index contributed by atoms with van der Waals surface area (Å²) < 4.78 is 30.5. The van der Waals surface area contributed by atoms with Gasteiger partial charge >= 0.3 is 0 Å². The second-order valence-electron chi connectivity index (χ2n) is 3.01. The monoisotopic (exact) mass is 223 g/mol. The van der Waals surface area contributed by atoms with Crippen LogP contribution in [0.1, 0.15) is 13.3 Å². The second-order valence-corrected chi connectivity index (χ2v) is 5.13. The fourth-order valence-corrected chi connectivity index (χ4v) is 1.87. The van der Waals surface area contributed by atoms with Crippen molar-refractivity contribution in [1.82, 2.24) is 0 Å². The highest BCUT2D eigenvalue weighted by atomic mass is 35.5. The van der Waals surface area contributed by atoms with E-state index < -0.39 is 15.0 Å². The van der Waals surface area contributed by atoms with Crippen molar-refractivity contribution in [3.8, 4) is 0 Å². The predicted molar refractivity (Wildman–Crippen MR) is 50.8 cm³/mol. The minimum Gasteiger partial charge on any atom is -0.307 e. The Kier molecular flexibility index (Phi) is 2.55. The Morgan fingerprint density at radius 1 is 1.69 bits per heavy atom. The zero-order chi connectivity index (χ0) is 10.3. The summed E-state index contributed by atoms with van der Waals surface area (Å²) in [6.07, 6.45) is 2.77. The van der Waals surface area contributed by atoms with Crippen molar-refractivity contribution in [3.05, 3.63) is 22.8 Å². The molecule has 0 bridgehead atoms. The highest BCUT2D eigenvalue weighted by Gasteiger charge is 2.38. The van der Waals surface area contributed by atoms with Crippen LogP contribution in [-0.2, 0) is 10.1 Å². The maximum absolute atomic E-state index is 10.9. The summed E-state index contributed by atoms with van der Waals surface area (Å²) in [6.45, 7) is 1.74. The molecule has 6 heteroatoms. The minimum atomic E-state index is -4.31. The highest BCUT2D eigenvalue weighted by Crippen LogP contribution is 2.29. The average Bonchev–Trinajstić information content (AvgIpc) is 1.95. The Balaban J connectivity index is 3.16. The number of allylic oxidation sites excluding steroid dienone is 2. The normalized spacial score (nSPS) is 29.5. The van der Waals surface area contributed by atoms with Crippen molar-refractivity contribution in [2.45, 2.75) is 18.2 Å². The standard InChI is InChI=1S/C7H10ClNO3S/c1-5-2-3-7(9,4-6(5)8)13(10,11)12/h2,4H,3,9H2,1H3,(H,10,11,12). The van der Waals surface area contributed by atoms with E-state index in [1.165, 1.54) is 0 Å². The van der Waals surface area contributed by atoms with Crippen molar-refractivity contribution in [1.29, 1.82) is 0 Å². The van der Waals surface area contributed by atoms with E-state index in [2.05, 4.69) is 0 Å². The van der Waals surface area contributed by atoms with Gasteiger partial charge in [-0.2, -0.15) is 8.42 Å². The van der Waals surface area contributed by atoms with Crippen molar-refractivity contribution in [2.75, 3.05) is 0 Å². The number of hydrogen-bond donors (Lipinski definition) is 2. The summed E-state index contributed by atoms with van der Waals surface area (Å²) in [5, 5.41) is 0.256. The molecule has 0 saturated carbocycles. The van der Waals surface area contributed by atoms with Crippen molar-refractivity contribution in [3.63, 3.8) is 0 Å². The van der Waals surface area contributed by atoms with Gasteiger partial charge in [0.1, 0.15) is 0 Å². The first-order chi connectivity index (χ1) is 5.76. The van der Waals surface area contributed by atoms with Crippen LogP contribution in [0.5, 0.6) is 0 Å². The molecule has 0 heterocycles. The van der Waals surface area contributed by atoms with Gasteiger partial charge in [-0.1, -0.05) is 17.7 Å².